The summed E-state index contributed by atoms with van der Waals surface area (Å²) >= 11 is 1.82. The predicted molar refractivity (Wildman–Crippen MR) is 76.7 cm³/mol. The normalized spacial score (nSPS) is 14.3. The second kappa shape index (κ2) is 5.05. The Hall–Kier alpha value is -1.82. The number of nitrogens with zero attached hydrogens (tertiary/aromatic N) is 3. The van der Waals surface area contributed by atoms with Gasteiger partial charge in [0.25, 0.3) is 0 Å². The van der Waals surface area contributed by atoms with Crippen LogP contribution in [0.25, 0.3) is 0 Å². The quantitative estimate of drug-likeness (QED) is 0.930. The number of hydrogen-bond donors (Lipinski definition) is 1. The monoisotopic (exact) mass is 276 g/mol. The molecule has 0 aliphatic carbocycles. The van der Waals surface area contributed by atoms with E-state index in [1.807, 2.05) is 18.3 Å². The lowest BCUT2D eigenvalue weighted by molar-refractivity contribution is 0.328. The van der Waals surface area contributed by atoms with Gasteiger partial charge in [-0.3, -0.25) is 0 Å². The number of thiophene rings is 1. The zero-order valence-corrected chi connectivity index (χ0v) is 11.6. The summed E-state index contributed by atoms with van der Waals surface area (Å²) < 4.78 is 5.42. The molecule has 19 heavy (non-hydrogen) atoms. The number of nitrogens with two attached hydrogens (primary N) is 1. The molecule has 0 amide bonds. The molecule has 3 rings (SSSR count). The minimum absolute atomic E-state index is 0.476. The summed E-state index contributed by atoms with van der Waals surface area (Å²) in [7, 11) is 0. The highest BCUT2D eigenvalue weighted by molar-refractivity contribution is 7.10. The fraction of sp³-hybridized carbons (Fsp3) is 0.385. The Labute approximate surface area is 116 Å². The molecule has 0 radical (unpaired) electrons. The molecule has 2 aromatic rings. The van der Waals surface area contributed by atoms with Gasteiger partial charge >= 0.3 is 0 Å². The van der Waals surface area contributed by atoms with Gasteiger partial charge in [0, 0.05) is 18.0 Å². The summed E-state index contributed by atoms with van der Waals surface area (Å²) in [5, 5.41) is 2.14. The lowest BCUT2D eigenvalue weighted by Gasteiger charge is -2.28. The number of nitrogen functional groups attached to an aromatic ring is 1. The highest BCUT2D eigenvalue weighted by Crippen LogP contribution is 2.32. The largest absolute Gasteiger partial charge is 0.476 e. The minimum atomic E-state index is 0.476. The zero-order chi connectivity index (χ0) is 13.2. The summed E-state index contributed by atoms with van der Waals surface area (Å²) in [5.74, 6) is 1.25. The van der Waals surface area contributed by atoms with Gasteiger partial charge in [-0.25, -0.2) is 4.98 Å². The van der Waals surface area contributed by atoms with E-state index >= 15 is 0 Å². The molecule has 0 bridgehead atoms. The minimum Gasteiger partial charge on any atom is -0.476 e. The van der Waals surface area contributed by atoms with Crippen LogP contribution in [0.1, 0.15) is 17.4 Å². The Kier molecular flexibility index (Phi) is 3.25. The van der Waals surface area contributed by atoms with Crippen molar-refractivity contribution in [3.8, 4) is 5.88 Å². The van der Waals surface area contributed by atoms with Gasteiger partial charge in [0.05, 0.1) is 6.61 Å². The third-order valence-electron chi connectivity index (χ3n) is 3.21. The molecule has 0 aromatic carbocycles. The second-order valence-corrected chi connectivity index (χ2v) is 5.39. The maximum absolute atomic E-state index is 6.11. The van der Waals surface area contributed by atoms with Crippen molar-refractivity contribution in [2.75, 3.05) is 23.8 Å². The number of ether oxygens (including phenoxy) is 1. The van der Waals surface area contributed by atoms with Gasteiger partial charge in [-0.1, -0.05) is 0 Å². The van der Waals surface area contributed by atoms with Crippen molar-refractivity contribution in [1.29, 1.82) is 0 Å². The van der Waals surface area contributed by atoms with Crippen molar-refractivity contribution in [3.63, 3.8) is 0 Å². The molecular formula is C13H16N4OS. The standard InChI is InChI=1S/C13H16N4OS/c1-2-18-13-11(14)12(15-8-16-13)17-5-3-10-9(7-17)4-6-19-10/h4,6,8H,2-3,5,7,14H2,1H3. The molecule has 1 aliphatic rings. The first-order valence-electron chi connectivity index (χ1n) is 6.33. The lowest BCUT2D eigenvalue weighted by Crippen LogP contribution is -2.31. The molecule has 0 saturated carbocycles. The van der Waals surface area contributed by atoms with E-state index in [0.717, 1.165) is 25.3 Å². The molecule has 2 N–H and O–H groups in total. The molecule has 0 saturated heterocycles. The molecule has 1 aliphatic heterocycles. The summed E-state index contributed by atoms with van der Waals surface area (Å²) in [6, 6.07) is 2.17. The van der Waals surface area contributed by atoms with Gasteiger partial charge in [0.2, 0.25) is 5.88 Å². The highest BCUT2D eigenvalue weighted by Gasteiger charge is 2.21. The van der Waals surface area contributed by atoms with E-state index in [2.05, 4.69) is 26.3 Å². The van der Waals surface area contributed by atoms with Crippen LogP contribution < -0.4 is 15.4 Å². The van der Waals surface area contributed by atoms with Crippen LogP contribution in [0.2, 0.25) is 0 Å². The van der Waals surface area contributed by atoms with E-state index < -0.39 is 0 Å². The maximum Gasteiger partial charge on any atom is 0.242 e. The Balaban J connectivity index is 1.89. The number of aromatic nitrogens is 2. The van der Waals surface area contributed by atoms with Gasteiger partial charge < -0.3 is 15.4 Å². The molecule has 2 aromatic heterocycles. The average molecular weight is 276 g/mol. The fourth-order valence-electron chi connectivity index (χ4n) is 2.30. The van der Waals surface area contributed by atoms with Crippen LogP contribution in [-0.4, -0.2) is 23.1 Å². The van der Waals surface area contributed by atoms with E-state index in [9.17, 15) is 0 Å². The molecule has 100 valence electrons. The van der Waals surface area contributed by atoms with Gasteiger partial charge in [-0.2, -0.15) is 4.98 Å². The second-order valence-electron chi connectivity index (χ2n) is 4.39. The number of fused-ring (bicyclic) bond motifs is 1. The Bertz CT molecular complexity index is 584. The molecule has 3 heterocycles. The van der Waals surface area contributed by atoms with Gasteiger partial charge in [0.1, 0.15) is 12.0 Å². The van der Waals surface area contributed by atoms with Gasteiger partial charge in [-0.15, -0.1) is 11.3 Å². The van der Waals surface area contributed by atoms with E-state index in [1.54, 1.807) is 0 Å². The van der Waals surface area contributed by atoms with Crippen LogP contribution in [0, 0.1) is 0 Å². The fourth-order valence-corrected chi connectivity index (χ4v) is 3.19. The Morgan fingerprint density at radius 2 is 2.37 bits per heavy atom. The first kappa shape index (κ1) is 12.2. The Morgan fingerprint density at radius 1 is 1.47 bits per heavy atom. The first-order chi connectivity index (χ1) is 9.29. The molecule has 5 nitrogen and oxygen atoms in total. The Morgan fingerprint density at radius 3 is 3.21 bits per heavy atom. The number of hydrogen-bond acceptors (Lipinski definition) is 6. The highest BCUT2D eigenvalue weighted by atomic mass is 32.1. The maximum atomic E-state index is 6.11. The zero-order valence-electron chi connectivity index (χ0n) is 10.8. The summed E-state index contributed by atoms with van der Waals surface area (Å²) in [4.78, 5) is 12.0. The van der Waals surface area contributed by atoms with E-state index in [4.69, 9.17) is 10.5 Å². The molecule has 0 spiro atoms. The van der Waals surface area contributed by atoms with E-state index in [0.29, 0.717) is 18.2 Å². The number of anilines is 2. The third-order valence-corrected chi connectivity index (χ3v) is 4.24. The molecule has 6 heteroatoms. The predicted octanol–water partition coefficient (Wildman–Crippen LogP) is 2.08. The average Bonchev–Trinajstić information content (AvgIpc) is 2.88. The van der Waals surface area contributed by atoms with Crippen molar-refractivity contribution < 1.29 is 4.74 Å². The molecular weight excluding hydrogens is 260 g/mol. The summed E-state index contributed by atoms with van der Waals surface area (Å²) in [6.45, 7) is 4.25. The van der Waals surface area contributed by atoms with Crippen molar-refractivity contribution in [3.05, 3.63) is 28.2 Å². The summed E-state index contributed by atoms with van der Waals surface area (Å²) in [6.07, 6.45) is 2.56. The van der Waals surface area contributed by atoms with Crippen molar-refractivity contribution in [2.24, 2.45) is 0 Å². The van der Waals surface area contributed by atoms with Crippen LogP contribution in [0.3, 0.4) is 0 Å². The van der Waals surface area contributed by atoms with Crippen molar-refractivity contribution in [1.82, 2.24) is 9.97 Å². The molecule has 0 unspecified atom stereocenters. The van der Waals surface area contributed by atoms with Crippen LogP contribution in [0.5, 0.6) is 5.88 Å². The van der Waals surface area contributed by atoms with Crippen LogP contribution >= 0.6 is 11.3 Å². The van der Waals surface area contributed by atoms with Crippen LogP contribution in [0.15, 0.2) is 17.8 Å². The SMILES string of the molecule is CCOc1ncnc(N2CCc3sccc3C2)c1N. The smallest absolute Gasteiger partial charge is 0.242 e. The van der Waals surface area contributed by atoms with Gasteiger partial charge in [-0.05, 0) is 30.4 Å². The topological polar surface area (TPSA) is 64.3 Å². The molecule has 0 atom stereocenters. The van der Waals surface area contributed by atoms with Gasteiger partial charge in [0.15, 0.2) is 5.82 Å². The summed E-state index contributed by atoms with van der Waals surface area (Å²) in [5.41, 5.74) is 8.00. The molecule has 0 fully saturated rings. The van der Waals surface area contributed by atoms with Crippen molar-refractivity contribution in [2.45, 2.75) is 19.9 Å². The van der Waals surface area contributed by atoms with Crippen LogP contribution in [-0.2, 0) is 13.0 Å². The van der Waals surface area contributed by atoms with E-state index in [1.165, 1.54) is 16.8 Å². The number of rotatable bonds is 3. The lowest BCUT2D eigenvalue weighted by atomic mass is 10.1. The van der Waals surface area contributed by atoms with Crippen molar-refractivity contribution >= 4 is 22.8 Å². The first-order valence-corrected chi connectivity index (χ1v) is 7.21. The van der Waals surface area contributed by atoms with E-state index in [-0.39, 0.29) is 0 Å². The third kappa shape index (κ3) is 2.23. The van der Waals surface area contributed by atoms with Crippen LogP contribution in [0.4, 0.5) is 11.5 Å².